The van der Waals surface area contributed by atoms with Crippen molar-refractivity contribution in [2.45, 2.75) is 31.3 Å². The summed E-state index contributed by atoms with van der Waals surface area (Å²) >= 11 is 0. The molecular formula is C21H28N8O4. The van der Waals surface area contributed by atoms with Gasteiger partial charge in [-0.3, -0.25) is 24.2 Å². The number of aliphatic imine (C=N–C) groups is 1. The van der Waals surface area contributed by atoms with Crippen LogP contribution in [0.2, 0.25) is 0 Å². The maximum Gasteiger partial charge on any atom is 0.243 e. The van der Waals surface area contributed by atoms with E-state index in [1.807, 2.05) is 24.3 Å². The van der Waals surface area contributed by atoms with Crippen LogP contribution in [-0.2, 0) is 25.6 Å². The second kappa shape index (κ2) is 11.0. The van der Waals surface area contributed by atoms with Crippen LogP contribution < -0.4 is 32.7 Å². The predicted molar refractivity (Wildman–Crippen MR) is 122 cm³/mol. The summed E-state index contributed by atoms with van der Waals surface area (Å²) < 4.78 is 0. The second-order valence-corrected chi connectivity index (χ2v) is 7.69. The molecule has 33 heavy (non-hydrogen) atoms. The van der Waals surface area contributed by atoms with Crippen molar-refractivity contribution in [2.75, 3.05) is 19.6 Å². The van der Waals surface area contributed by atoms with Crippen LogP contribution in [0.4, 0.5) is 0 Å². The van der Waals surface area contributed by atoms with Gasteiger partial charge in [0.2, 0.25) is 23.6 Å². The van der Waals surface area contributed by atoms with E-state index in [0.717, 1.165) is 16.5 Å². The number of aromatic amines is 1. The quantitative estimate of drug-likeness (QED) is 0.149. The van der Waals surface area contributed by atoms with Gasteiger partial charge in [-0.05, 0) is 24.5 Å². The largest absolute Gasteiger partial charge is 0.370 e. The Kier molecular flexibility index (Phi) is 7.84. The zero-order valence-electron chi connectivity index (χ0n) is 18.0. The normalized spacial score (nSPS) is 20.0. The van der Waals surface area contributed by atoms with E-state index in [0.29, 0.717) is 6.42 Å². The summed E-state index contributed by atoms with van der Waals surface area (Å²) in [5.74, 6) is -2.12. The number of H-pyrrole nitrogens is 1. The van der Waals surface area contributed by atoms with Crippen LogP contribution in [0.3, 0.4) is 0 Å². The lowest BCUT2D eigenvalue weighted by Gasteiger charge is -2.24. The van der Waals surface area contributed by atoms with Crippen molar-refractivity contribution in [3.63, 3.8) is 0 Å². The number of aromatic nitrogens is 1. The Morgan fingerprint density at radius 3 is 2.48 bits per heavy atom. The van der Waals surface area contributed by atoms with Gasteiger partial charge in [0.05, 0.1) is 13.1 Å². The number of para-hydroxylation sites is 1. The van der Waals surface area contributed by atoms with Crippen molar-refractivity contribution in [3.05, 3.63) is 36.0 Å². The molecule has 1 saturated heterocycles. The minimum Gasteiger partial charge on any atom is -0.370 e. The average Bonchev–Trinajstić information content (AvgIpc) is 3.19. The van der Waals surface area contributed by atoms with Gasteiger partial charge in [-0.25, -0.2) is 0 Å². The van der Waals surface area contributed by atoms with Gasteiger partial charge in [-0.2, -0.15) is 0 Å². The van der Waals surface area contributed by atoms with E-state index < -0.39 is 35.7 Å². The van der Waals surface area contributed by atoms with Crippen molar-refractivity contribution < 1.29 is 19.2 Å². The number of hydrogen-bond donors (Lipinski definition) is 7. The van der Waals surface area contributed by atoms with Crippen molar-refractivity contribution in [1.82, 2.24) is 26.3 Å². The number of nitrogens with zero attached hydrogens (tertiary/aromatic N) is 1. The van der Waals surface area contributed by atoms with Gasteiger partial charge in [0.15, 0.2) is 5.96 Å². The molecule has 2 heterocycles. The molecule has 0 bridgehead atoms. The fourth-order valence-corrected chi connectivity index (χ4v) is 3.55. The molecule has 12 nitrogen and oxygen atoms in total. The number of hydrogen-bond acceptors (Lipinski definition) is 5. The molecule has 176 valence electrons. The van der Waals surface area contributed by atoms with Crippen LogP contribution in [0.1, 0.15) is 18.4 Å². The molecule has 1 aliphatic heterocycles. The Bertz CT molecular complexity index is 1060. The van der Waals surface area contributed by atoms with Gasteiger partial charge in [0.1, 0.15) is 12.1 Å². The standard InChI is InChI=1S/C21H28N8O4/c22-21(23)24-7-3-6-15-19(32)27-10-17(30)26-11-18(31)28-16(20(33)29-15)8-12-9-25-14-5-2-1-4-13(12)14/h1-2,4-5,9,15-16,25H,3,6-8,10-11H2,(H,26,30)(H,27,32)(H,28,31)(H,29,33)(H4,22,23,24)/t15-,16-/m0/s1. The van der Waals surface area contributed by atoms with Crippen molar-refractivity contribution >= 4 is 40.5 Å². The zero-order valence-corrected chi connectivity index (χ0v) is 18.0. The van der Waals surface area contributed by atoms with E-state index in [9.17, 15) is 19.2 Å². The van der Waals surface area contributed by atoms with Gasteiger partial charge < -0.3 is 37.7 Å². The fraction of sp³-hybridized carbons (Fsp3) is 0.381. The van der Waals surface area contributed by atoms with Gasteiger partial charge in [0, 0.05) is 30.1 Å². The summed E-state index contributed by atoms with van der Waals surface area (Å²) in [6.07, 6.45) is 2.63. The summed E-state index contributed by atoms with van der Waals surface area (Å²) in [5.41, 5.74) is 12.4. The number of amides is 4. The third kappa shape index (κ3) is 6.69. The highest BCUT2D eigenvalue weighted by molar-refractivity contribution is 5.96. The van der Waals surface area contributed by atoms with E-state index in [4.69, 9.17) is 11.5 Å². The first-order valence-corrected chi connectivity index (χ1v) is 10.6. The molecule has 0 radical (unpaired) electrons. The topological polar surface area (TPSA) is 197 Å². The third-order valence-electron chi connectivity index (χ3n) is 5.20. The van der Waals surface area contributed by atoms with E-state index in [1.165, 1.54) is 0 Å². The first kappa shape index (κ1) is 23.6. The Balaban J connectivity index is 1.80. The van der Waals surface area contributed by atoms with E-state index in [1.54, 1.807) is 6.20 Å². The van der Waals surface area contributed by atoms with E-state index in [-0.39, 0.29) is 38.4 Å². The highest BCUT2D eigenvalue weighted by Gasteiger charge is 2.28. The molecule has 1 aromatic heterocycles. The Labute approximate surface area is 189 Å². The number of nitrogens with two attached hydrogens (primary N) is 2. The second-order valence-electron chi connectivity index (χ2n) is 7.69. The SMILES string of the molecule is NC(N)=NCCC[C@@H]1NC(=O)[C@H](Cc2c[nH]c3ccccc23)NC(=O)CNC(=O)CNC1=O. The number of benzene rings is 1. The van der Waals surface area contributed by atoms with Crippen LogP contribution in [0.15, 0.2) is 35.5 Å². The monoisotopic (exact) mass is 456 g/mol. The molecule has 0 saturated carbocycles. The third-order valence-corrected chi connectivity index (χ3v) is 5.20. The molecule has 0 unspecified atom stereocenters. The summed E-state index contributed by atoms with van der Waals surface area (Å²) in [6, 6.07) is 5.71. The number of carbonyl (C=O) groups is 4. The van der Waals surface area contributed by atoms with Gasteiger partial charge in [-0.1, -0.05) is 18.2 Å². The Morgan fingerprint density at radius 2 is 1.70 bits per heavy atom. The first-order chi connectivity index (χ1) is 15.8. The maximum atomic E-state index is 13.1. The van der Waals surface area contributed by atoms with Gasteiger partial charge in [-0.15, -0.1) is 0 Å². The lowest BCUT2D eigenvalue weighted by Crippen LogP contribution is -2.57. The molecule has 12 heteroatoms. The molecule has 4 amide bonds. The zero-order chi connectivity index (χ0) is 23.8. The summed E-state index contributed by atoms with van der Waals surface area (Å²) in [6.45, 7) is -0.350. The first-order valence-electron chi connectivity index (χ1n) is 10.6. The molecule has 2 aromatic rings. The van der Waals surface area contributed by atoms with Crippen LogP contribution in [0.25, 0.3) is 10.9 Å². The van der Waals surface area contributed by atoms with Crippen molar-refractivity contribution in [2.24, 2.45) is 16.5 Å². The number of guanidine groups is 1. The smallest absolute Gasteiger partial charge is 0.243 e. The van der Waals surface area contributed by atoms with Crippen LogP contribution in [-0.4, -0.2) is 66.3 Å². The molecule has 1 aliphatic rings. The van der Waals surface area contributed by atoms with Crippen LogP contribution in [0, 0.1) is 0 Å². The van der Waals surface area contributed by atoms with E-state index >= 15 is 0 Å². The van der Waals surface area contributed by atoms with Crippen molar-refractivity contribution in [3.8, 4) is 0 Å². The molecule has 3 rings (SSSR count). The summed E-state index contributed by atoms with van der Waals surface area (Å²) in [4.78, 5) is 57.1. The predicted octanol–water partition coefficient (Wildman–Crippen LogP) is -2.02. The molecule has 0 spiro atoms. The average molecular weight is 457 g/mol. The highest BCUT2D eigenvalue weighted by Crippen LogP contribution is 2.19. The Hall–Kier alpha value is -4.09. The molecule has 0 aliphatic carbocycles. The molecule has 9 N–H and O–H groups in total. The highest BCUT2D eigenvalue weighted by atomic mass is 16.2. The molecule has 1 aromatic carbocycles. The minimum atomic E-state index is -0.957. The van der Waals surface area contributed by atoms with Crippen LogP contribution in [0.5, 0.6) is 0 Å². The molecule has 1 fully saturated rings. The summed E-state index contributed by atoms with van der Waals surface area (Å²) in [5, 5.41) is 11.2. The number of rotatable bonds is 6. The molecular weight excluding hydrogens is 428 g/mol. The number of carbonyl (C=O) groups excluding carboxylic acids is 4. The number of nitrogens with one attached hydrogen (secondary N) is 5. The number of fused-ring (bicyclic) bond motifs is 1. The minimum absolute atomic E-state index is 0.0691. The Morgan fingerprint density at radius 1 is 0.939 bits per heavy atom. The van der Waals surface area contributed by atoms with Crippen molar-refractivity contribution in [1.29, 1.82) is 0 Å². The van der Waals surface area contributed by atoms with E-state index in [2.05, 4.69) is 31.2 Å². The summed E-state index contributed by atoms with van der Waals surface area (Å²) in [7, 11) is 0. The fourth-order valence-electron chi connectivity index (χ4n) is 3.55. The lowest BCUT2D eigenvalue weighted by molar-refractivity contribution is -0.134. The van der Waals surface area contributed by atoms with Gasteiger partial charge >= 0.3 is 0 Å². The molecule has 2 atom stereocenters. The van der Waals surface area contributed by atoms with Gasteiger partial charge in [0.25, 0.3) is 0 Å². The lowest BCUT2D eigenvalue weighted by atomic mass is 10.0. The van der Waals surface area contributed by atoms with Crippen LogP contribution >= 0.6 is 0 Å². The maximum absolute atomic E-state index is 13.1.